The maximum absolute atomic E-state index is 14.6. The second-order valence-corrected chi connectivity index (χ2v) is 8.38. The van der Waals surface area contributed by atoms with Crippen molar-refractivity contribution in [3.05, 3.63) is 64.8 Å². The smallest absolute Gasteiger partial charge is 0.409 e. The number of para-hydroxylation sites is 1. The van der Waals surface area contributed by atoms with Gasteiger partial charge in [-0.2, -0.15) is 0 Å². The summed E-state index contributed by atoms with van der Waals surface area (Å²) in [6, 6.07) is 14.0. The number of hydrogen-bond donors (Lipinski definition) is 1. The van der Waals surface area contributed by atoms with E-state index in [1.54, 1.807) is 17.0 Å². The molecule has 2 heterocycles. The zero-order chi connectivity index (χ0) is 21.8. The number of ether oxygens (including phenoxy) is 2. The van der Waals surface area contributed by atoms with Crippen molar-refractivity contribution in [3.63, 3.8) is 0 Å². The van der Waals surface area contributed by atoms with Gasteiger partial charge in [0, 0.05) is 34.8 Å². The maximum Gasteiger partial charge on any atom is 0.409 e. The number of halogens is 1. The van der Waals surface area contributed by atoms with Crippen LogP contribution in [-0.2, 0) is 11.3 Å². The average molecular weight is 443 g/mol. The summed E-state index contributed by atoms with van der Waals surface area (Å²) in [5, 5.41) is 3.47. The Bertz CT molecular complexity index is 1080. The van der Waals surface area contributed by atoms with Crippen LogP contribution in [0.25, 0.3) is 10.1 Å². The summed E-state index contributed by atoms with van der Waals surface area (Å²) in [6.07, 6.45) is 0.913. The van der Waals surface area contributed by atoms with Gasteiger partial charge in [-0.15, -0.1) is 11.3 Å². The number of benzene rings is 2. The van der Waals surface area contributed by atoms with E-state index in [0.717, 1.165) is 0 Å². The molecule has 1 fully saturated rings. The molecule has 1 aliphatic heterocycles. The summed E-state index contributed by atoms with van der Waals surface area (Å²) in [5.41, 5.74) is 0.548. The minimum absolute atomic E-state index is 0.0636. The van der Waals surface area contributed by atoms with Gasteiger partial charge >= 0.3 is 6.09 Å². The third-order valence-corrected chi connectivity index (χ3v) is 6.55. The average Bonchev–Trinajstić information content (AvgIpc) is 3.18. The van der Waals surface area contributed by atoms with Gasteiger partial charge in [0.2, 0.25) is 0 Å². The van der Waals surface area contributed by atoms with Crippen LogP contribution in [0, 0.1) is 5.82 Å². The SMILES string of the molecule is COC(=O)N1CCC(NC(=O)c2sc3cccc(F)c3c2COc2ccccc2)CC1. The molecule has 0 unspecified atom stereocenters. The van der Waals surface area contributed by atoms with Crippen molar-refractivity contribution in [2.75, 3.05) is 20.2 Å². The number of thiophene rings is 1. The van der Waals surface area contributed by atoms with Crippen molar-refractivity contribution in [3.8, 4) is 5.75 Å². The summed E-state index contributed by atoms with van der Waals surface area (Å²) in [7, 11) is 1.36. The highest BCUT2D eigenvalue weighted by atomic mass is 32.1. The van der Waals surface area contributed by atoms with Gasteiger partial charge in [-0.3, -0.25) is 4.79 Å². The standard InChI is InChI=1S/C23H23FN2O4S/c1-29-23(28)26-12-10-15(11-13-26)25-22(27)21-17(14-30-16-6-3-2-4-7-16)20-18(24)8-5-9-19(20)31-21/h2-9,15H,10-14H2,1H3,(H,25,27). The lowest BCUT2D eigenvalue weighted by Gasteiger charge is -2.31. The van der Waals surface area contributed by atoms with Gasteiger partial charge in [0.25, 0.3) is 5.91 Å². The van der Waals surface area contributed by atoms with Crippen LogP contribution in [0.15, 0.2) is 48.5 Å². The van der Waals surface area contributed by atoms with E-state index in [1.807, 2.05) is 30.3 Å². The molecule has 1 aliphatic rings. The number of hydrogen-bond acceptors (Lipinski definition) is 5. The number of likely N-dealkylation sites (tertiary alicyclic amines) is 1. The molecule has 6 nitrogen and oxygen atoms in total. The molecule has 2 aromatic carbocycles. The second-order valence-electron chi connectivity index (χ2n) is 7.33. The van der Waals surface area contributed by atoms with Crippen LogP contribution in [0.3, 0.4) is 0 Å². The highest BCUT2D eigenvalue weighted by Crippen LogP contribution is 2.34. The van der Waals surface area contributed by atoms with E-state index in [0.29, 0.717) is 52.2 Å². The van der Waals surface area contributed by atoms with Crippen molar-refractivity contribution in [1.82, 2.24) is 10.2 Å². The molecule has 8 heteroatoms. The maximum atomic E-state index is 14.6. The molecule has 31 heavy (non-hydrogen) atoms. The van der Waals surface area contributed by atoms with Gasteiger partial charge in [0.1, 0.15) is 18.2 Å². The first-order chi connectivity index (χ1) is 15.1. The summed E-state index contributed by atoms with van der Waals surface area (Å²) in [4.78, 5) is 26.8. The van der Waals surface area contributed by atoms with Crippen molar-refractivity contribution < 1.29 is 23.5 Å². The fourth-order valence-electron chi connectivity index (χ4n) is 3.75. The summed E-state index contributed by atoms with van der Waals surface area (Å²) in [6.45, 7) is 1.12. The zero-order valence-electron chi connectivity index (χ0n) is 17.1. The largest absolute Gasteiger partial charge is 0.489 e. The van der Waals surface area contributed by atoms with Gasteiger partial charge in [-0.1, -0.05) is 24.3 Å². The molecular formula is C23H23FN2O4S. The van der Waals surface area contributed by atoms with Crippen molar-refractivity contribution in [1.29, 1.82) is 0 Å². The number of carbonyl (C=O) groups is 2. The Balaban J connectivity index is 1.53. The lowest BCUT2D eigenvalue weighted by molar-refractivity contribution is 0.0894. The second kappa shape index (κ2) is 9.34. The number of piperidine rings is 1. The Morgan fingerprint density at radius 1 is 1.13 bits per heavy atom. The number of nitrogens with one attached hydrogen (secondary N) is 1. The summed E-state index contributed by atoms with van der Waals surface area (Å²) >= 11 is 1.26. The third-order valence-electron chi connectivity index (χ3n) is 5.36. The van der Waals surface area contributed by atoms with Gasteiger partial charge < -0.3 is 19.7 Å². The molecule has 2 amide bonds. The molecule has 0 saturated carbocycles. The van der Waals surface area contributed by atoms with Crippen LogP contribution < -0.4 is 10.1 Å². The number of rotatable bonds is 5. The molecule has 0 spiro atoms. The van der Waals surface area contributed by atoms with Crippen LogP contribution >= 0.6 is 11.3 Å². The normalized spacial score (nSPS) is 14.5. The molecule has 0 atom stereocenters. The predicted molar refractivity (Wildman–Crippen MR) is 117 cm³/mol. The molecule has 0 radical (unpaired) electrons. The third kappa shape index (κ3) is 4.64. The first-order valence-electron chi connectivity index (χ1n) is 10.1. The number of fused-ring (bicyclic) bond motifs is 1. The molecule has 4 rings (SSSR count). The van der Waals surface area contributed by atoms with Crippen LogP contribution in [0.1, 0.15) is 28.1 Å². The molecule has 1 saturated heterocycles. The van der Waals surface area contributed by atoms with Gasteiger partial charge in [0.15, 0.2) is 0 Å². The van der Waals surface area contributed by atoms with Crippen LogP contribution in [0.5, 0.6) is 5.75 Å². The fourth-order valence-corrected chi connectivity index (χ4v) is 4.87. The molecule has 1 N–H and O–H groups in total. The Morgan fingerprint density at radius 3 is 2.58 bits per heavy atom. The first-order valence-corrected chi connectivity index (χ1v) is 10.9. The Kier molecular flexibility index (Phi) is 6.36. The number of carbonyl (C=O) groups excluding carboxylic acids is 2. The van der Waals surface area contributed by atoms with E-state index >= 15 is 0 Å². The number of methoxy groups -OCH3 is 1. The van der Waals surface area contributed by atoms with Crippen molar-refractivity contribution >= 4 is 33.4 Å². The van der Waals surface area contributed by atoms with Crippen molar-refractivity contribution in [2.45, 2.75) is 25.5 Å². The molecule has 0 aliphatic carbocycles. The Morgan fingerprint density at radius 2 is 1.87 bits per heavy atom. The summed E-state index contributed by atoms with van der Waals surface area (Å²) in [5.74, 6) is 0.0364. The topological polar surface area (TPSA) is 67.9 Å². The molecule has 3 aromatic rings. The predicted octanol–water partition coefficient (Wildman–Crippen LogP) is 4.58. The molecular weight excluding hydrogens is 419 g/mol. The number of nitrogens with zero attached hydrogens (tertiary/aromatic N) is 1. The highest BCUT2D eigenvalue weighted by Gasteiger charge is 2.27. The minimum Gasteiger partial charge on any atom is -0.489 e. The van der Waals surface area contributed by atoms with E-state index in [9.17, 15) is 14.0 Å². The quantitative estimate of drug-likeness (QED) is 0.628. The fraction of sp³-hybridized carbons (Fsp3) is 0.304. The molecule has 1 aromatic heterocycles. The summed E-state index contributed by atoms with van der Waals surface area (Å²) < 4.78 is 25.9. The highest BCUT2D eigenvalue weighted by molar-refractivity contribution is 7.21. The van der Waals surface area contributed by atoms with E-state index in [2.05, 4.69) is 5.32 Å². The van der Waals surface area contributed by atoms with E-state index in [-0.39, 0.29) is 30.5 Å². The van der Waals surface area contributed by atoms with E-state index in [1.165, 1.54) is 24.5 Å². The van der Waals surface area contributed by atoms with Crippen LogP contribution in [0.2, 0.25) is 0 Å². The lowest BCUT2D eigenvalue weighted by Crippen LogP contribution is -2.46. The lowest BCUT2D eigenvalue weighted by atomic mass is 10.0. The minimum atomic E-state index is -0.370. The Hall–Kier alpha value is -3.13. The van der Waals surface area contributed by atoms with Crippen LogP contribution in [0.4, 0.5) is 9.18 Å². The number of amides is 2. The Labute approximate surface area is 183 Å². The monoisotopic (exact) mass is 442 g/mol. The van der Waals surface area contributed by atoms with Gasteiger partial charge in [-0.25, -0.2) is 9.18 Å². The molecule has 0 bridgehead atoms. The van der Waals surface area contributed by atoms with E-state index < -0.39 is 0 Å². The van der Waals surface area contributed by atoms with Gasteiger partial charge in [-0.05, 0) is 37.1 Å². The first kappa shape index (κ1) is 21.1. The van der Waals surface area contributed by atoms with Gasteiger partial charge in [0.05, 0.1) is 12.0 Å². The molecule has 162 valence electrons. The van der Waals surface area contributed by atoms with Crippen LogP contribution in [-0.4, -0.2) is 43.1 Å². The van der Waals surface area contributed by atoms with Crippen molar-refractivity contribution in [2.24, 2.45) is 0 Å². The zero-order valence-corrected chi connectivity index (χ0v) is 17.9. The van der Waals surface area contributed by atoms with E-state index in [4.69, 9.17) is 9.47 Å².